The van der Waals surface area contributed by atoms with Gasteiger partial charge in [-0.2, -0.15) is 0 Å². The van der Waals surface area contributed by atoms with Gasteiger partial charge in [0, 0.05) is 0 Å². The zero-order chi connectivity index (χ0) is 20.1. The quantitative estimate of drug-likeness (QED) is 0.245. The Kier molecular flexibility index (Phi) is 16.0. The molecule has 1 aromatic rings. The van der Waals surface area contributed by atoms with E-state index in [-0.39, 0.29) is 34.5 Å². The second-order valence-electron chi connectivity index (χ2n) is 7.94. The van der Waals surface area contributed by atoms with Gasteiger partial charge in [-0.15, -0.1) is 0 Å². The van der Waals surface area contributed by atoms with Crippen LogP contribution in [0.15, 0.2) is 23.1 Å². The molecule has 0 N–H and O–H groups in total. The van der Waals surface area contributed by atoms with Gasteiger partial charge in [0.15, 0.2) is 0 Å². The SMILES string of the molecule is CCCCCCCCCC(CCCCCC)c1ccc(C)c(S(=O)(=O)[O-])c1.[Na+]. The third-order valence-corrected chi connectivity index (χ3v) is 6.49. The van der Waals surface area contributed by atoms with Crippen molar-refractivity contribution >= 4 is 10.1 Å². The van der Waals surface area contributed by atoms with E-state index in [0.29, 0.717) is 11.5 Å². The summed E-state index contributed by atoms with van der Waals surface area (Å²) >= 11 is 0. The molecule has 1 aromatic carbocycles. The van der Waals surface area contributed by atoms with E-state index < -0.39 is 10.1 Å². The first kappa shape index (κ1) is 28.1. The van der Waals surface area contributed by atoms with Gasteiger partial charge in [0.25, 0.3) is 0 Å². The molecule has 0 amide bonds. The fourth-order valence-corrected chi connectivity index (χ4v) is 4.53. The second-order valence-corrected chi connectivity index (χ2v) is 9.28. The number of hydrogen-bond acceptors (Lipinski definition) is 3. The monoisotopic (exact) mass is 418 g/mol. The van der Waals surface area contributed by atoms with Crippen molar-refractivity contribution in [2.45, 2.75) is 115 Å². The van der Waals surface area contributed by atoms with Crippen molar-refractivity contribution in [3.8, 4) is 0 Å². The van der Waals surface area contributed by atoms with Gasteiger partial charge in [-0.3, -0.25) is 0 Å². The van der Waals surface area contributed by atoms with Crippen molar-refractivity contribution in [3.05, 3.63) is 29.3 Å². The number of benzene rings is 1. The maximum absolute atomic E-state index is 11.6. The first-order valence-corrected chi connectivity index (χ1v) is 12.4. The van der Waals surface area contributed by atoms with Crippen LogP contribution in [0.5, 0.6) is 0 Å². The van der Waals surface area contributed by atoms with E-state index in [0.717, 1.165) is 18.4 Å². The van der Waals surface area contributed by atoms with Crippen LogP contribution in [0.3, 0.4) is 0 Å². The summed E-state index contributed by atoms with van der Waals surface area (Å²) in [7, 11) is -4.41. The molecule has 0 fully saturated rings. The summed E-state index contributed by atoms with van der Waals surface area (Å²) in [6.07, 6.45) is 16.0. The molecule has 0 heterocycles. The third kappa shape index (κ3) is 11.3. The van der Waals surface area contributed by atoms with Crippen LogP contribution >= 0.6 is 0 Å². The molecule has 5 heteroatoms. The molecular weight excluding hydrogens is 379 g/mol. The summed E-state index contributed by atoms with van der Waals surface area (Å²) in [6.45, 7) is 6.14. The first-order valence-electron chi connectivity index (χ1n) is 11.0. The standard InChI is InChI=1S/C23H40O3S.Na/c1-4-6-8-10-11-12-14-16-21(15-13-9-7-5-2)22-18-17-20(3)23(19-22)27(24,25)26;/h17-19,21H,4-16H2,1-3H3,(H,24,25,26);/q;+1/p-1. The van der Waals surface area contributed by atoms with Crippen LogP contribution in [0, 0.1) is 6.92 Å². The van der Waals surface area contributed by atoms with Crippen molar-refractivity contribution in [2.75, 3.05) is 0 Å². The minimum Gasteiger partial charge on any atom is -0.744 e. The summed E-state index contributed by atoms with van der Waals surface area (Å²) in [5.74, 6) is 0.360. The summed E-state index contributed by atoms with van der Waals surface area (Å²) < 4.78 is 34.7. The topological polar surface area (TPSA) is 57.2 Å². The average molecular weight is 419 g/mol. The van der Waals surface area contributed by atoms with Crippen LogP contribution in [0.1, 0.15) is 114 Å². The molecule has 0 spiro atoms. The van der Waals surface area contributed by atoms with Crippen LogP contribution in [0.2, 0.25) is 0 Å². The Balaban J connectivity index is 0.00000729. The van der Waals surface area contributed by atoms with E-state index in [9.17, 15) is 13.0 Å². The summed E-state index contributed by atoms with van der Waals surface area (Å²) in [4.78, 5) is -0.0434. The fourth-order valence-electron chi connectivity index (χ4n) is 3.78. The van der Waals surface area contributed by atoms with Crippen molar-refractivity contribution in [1.82, 2.24) is 0 Å². The Morgan fingerprint density at radius 2 is 1.29 bits per heavy atom. The molecule has 0 radical (unpaired) electrons. The molecule has 3 nitrogen and oxygen atoms in total. The van der Waals surface area contributed by atoms with E-state index in [4.69, 9.17) is 0 Å². The zero-order valence-electron chi connectivity index (χ0n) is 18.6. The molecule has 156 valence electrons. The van der Waals surface area contributed by atoms with Gasteiger partial charge in [0.2, 0.25) is 0 Å². The molecule has 1 rings (SSSR count). The first-order chi connectivity index (χ1) is 12.9. The molecule has 0 saturated carbocycles. The molecular formula is C23H39NaO3S. The Hall–Kier alpha value is 0.130. The van der Waals surface area contributed by atoms with Crippen molar-refractivity contribution in [3.63, 3.8) is 0 Å². The van der Waals surface area contributed by atoms with Gasteiger partial charge in [-0.25, -0.2) is 8.42 Å². The fraction of sp³-hybridized carbons (Fsp3) is 0.739. The third-order valence-electron chi connectivity index (χ3n) is 5.52. The van der Waals surface area contributed by atoms with Gasteiger partial charge in [-0.05, 0) is 42.9 Å². The predicted molar refractivity (Wildman–Crippen MR) is 113 cm³/mol. The Labute approximate surface area is 196 Å². The van der Waals surface area contributed by atoms with E-state index in [1.165, 1.54) is 70.6 Å². The number of unbranched alkanes of at least 4 members (excludes halogenated alkanes) is 9. The maximum Gasteiger partial charge on any atom is 1.00 e. The normalized spacial score (nSPS) is 12.6. The molecule has 0 aliphatic rings. The number of rotatable bonds is 15. The minimum absolute atomic E-state index is 0. The zero-order valence-corrected chi connectivity index (χ0v) is 21.5. The van der Waals surface area contributed by atoms with E-state index in [1.54, 1.807) is 19.1 Å². The van der Waals surface area contributed by atoms with Crippen LogP contribution in [0.25, 0.3) is 0 Å². The van der Waals surface area contributed by atoms with E-state index in [1.807, 2.05) is 6.07 Å². The van der Waals surface area contributed by atoms with Crippen molar-refractivity contribution in [1.29, 1.82) is 0 Å². The summed E-state index contributed by atoms with van der Waals surface area (Å²) in [6, 6.07) is 5.46. The average Bonchev–Trinajstić information content (AvgIpc) is 2.62. The van der Waals surface area contributed by atoms with Crippen LogP contribution in [-0.2, 0) is 10.1 Å². The van der Waals surface area contributed by atoms with Gasteiger partial charge in [-0.1, -0.05) is 96.6 Å². The smallest absolute Gasteiger partial charge is 0.744 e. The molecule has 0 aliphatic carbocycles. The molecule has 1 atom stereocenters. The molecule has 28 heavy (non-hydrogen) atoms. The predicted octanol–water partition coefficient (Wildman–Crippen LogP) is 4.10. The van der Waals surface area contributed by atoms with Gasteiger partial charge in [0.05, 0.1) is 4.90 Å². The molecule has 0 aliphatic heterocycles. The van der Waals surface area contributed by atoms with Crippen LogP contribution in [0.4, 0.5) is 0 Å². The molecule has 1 unspecified atom stereocenters. The van der Waals surface area contributed by atoms with E-state index >= 15 is 0 Å². The maximum atomic E-state index is 11.6. The summed E-state index contributed by atoms with van der Waals surface area (Å²) in [5, 5.41) is 0. The Morgan fingerprint density at radius 3 is 1.79 bits per heavy atom. The van der Waals surface area contributed by atoms with Crippen LogP contribution in [-0.4, -0.2) is 13.0 Å². The van der Waals surface area contributed by atoms with Crippen molar-refractivity contribution < 1.29 is 42.5 Å². The van der Waals surface area contributed by atoms with Crippen molar-refractivity contribution in [2.24, 2.45) is 0 Å². The van der Waals surface area contributed by atoms with E-state index in [2.05, 4.69) is 13.8 Å². The largest absolute Gasteiger partial charge is 1.00 e. The summed E-state index contributed by atoms with van der Waals surface area (Å²) in [5.41, 5.74) is 1.58. The number of hydrogen-bond donors (Lipinski definition) is 0. The minimum atomic E-state index is -4.41. The molecule has 0 saturated heterocycles. The number of aryl methyl sites for hydroxylation is 1. The van der Waals surface area contributed by atoms with Gasteiger partial charge >= 0.3 is 29.6 Å². The Morgan fingerprint density at radius 1 is 0.821 bits per heavy atom. The molecule has 0 aromatic heterocycles. The molecule has 0 bridgehead atoms. The Bertz CT molecular complexity index is 629. The second kappa shape index (κ2) is 15.9. The van der Waals surface area contributed by atoms with Gasteiger partial charge in [0.1, 0.15) is 10.1 Å². The van der Waals surface area contributed by atoms with Crippen LogP contribution < -0.4 is 29.6 Å². The van der Waals surface area contributed by atoms with Gasteiger partial charge < -0.3 is 4.55 Å².